The summed E-state index contributed by atoms with van der Waals surface area (Å²) in [7, 11) is 0. The first-order valence-electron chi connectivity index (χ1n) is 6.12. The Kier molecular flexibility index (Phi) is 4.30. The van der Waals surface area contributed by atoms with Gasteiger partial charge in [0, 0.05) is 12.7 Å². The summed E-state index contributed by atoms with van der Waals surface area (Å²) in [6, 6.07) is 9.78. The molecule has 0 saturated carbocycles. The van der Waals surface area contributed by atoms with Crippen LogP contribution in [0.2, 0.25) is 0 Å². The summed E-state index contributed by atoms with van der Waals surface area (Å²) < 4.78 is 6.65. The fourth-order valence-electron chi connectivity index (χ4n) is 1.80. The van der Waals surface area contributed by atoms with Crippen LogP contribution in [-0.4, -0.2) is 27.2 Å². The molecule has 2 rings (SSSR count). The standard InChI is InChI=1S/C14H16N2O3/c1-2-19-14(18)12-9-16(13(10-17)15-12)8-11-6-4-3-5-7-11/h3-7,9,17H,2,8,10H2,1H3. The normalized spacial score (nSPS) is 10.4. The molecule has 0 radical (unpaired) electrons. The van der Waals surface area contributed by atoms with Crippen LogP contribution in [0.25, 0.3) is 0 Å². The van der Waals surface area contributed by atoms with Crippen molar-refractivity contribution in [1.29, 1.82) is 0 Å². The van der Waals surface area contributed by atoms with E-state index in [4.69, 9.17) is 4.74 Å². The third kappa shape index (κ3) is 3.20. The molecule has 0 atom stereocenters. The van der Waals surface area contributed by atoms with Crippen LogP contribution in [0, 0.1) is 0 Å². The largest absolute Gasteiger partial charge is 0.461 e. The summed E-state index contributed by atoms with van der Waals surface area (Å²) in [5.41, 5.74) is 1.30. The molecule has 1 N–H and O–H groups in total. The molecule has 2 aromatic rings. The maximum absolute atomic E-state index is 11.6. The number of esters is 1. The zero-order valence-electron chi connectivity index (χ0n) is 10.7. The Bertz CT molecular complexity index is 549. The van der Waals surface area contributed by atoms with Gasteiger partial charge in [0.25, 0.3) is 0 Å². The monoisotopic (exact) mass is 260 g/mol. The topological polar surface area (TPSA) is 64.3 Å². The highest BCUT2D eigenvalue weighted by Crippen LogP contribution is 2.09. The van der Waals surface area contributed by atoms with Crippen LogP contribution in [0.5, 0.6) is 0 Å². The fourth-order valence-corrected chi connectivity index (χ4v) is 1.80. The van der Waals surface area contributed by atoms with E-state index in [1.807, 2.05) is 30.3 Å². The highest BCUT2D eigenvalue weighted by Gasteiger charge is 2.14. The minimum absolute atomic E-state index is 0.216. The molecular weight excluding hydrogens is 244 g/mol. The Morgan fingerprint density at radius 2 is 2.11 bits per heavy atom. The zero-order chi connectivity index (χ0) is 13.7. The number of carbonyl (C=O) groups is 1. The number of aliphatic hydroxyl groups excluding tert-OH is 1. The van der Waals surface area contributed by atoms with Gasteiger partial charge in [-0.05, 0) is 12.5 Å². The number of nitrogens with zero attached hydrogens (tertiary/aromatic N) is 2. The molecule has 1 aromatic heterocycles. The molecular formula is C14H16N2O3. The van der Waals surface area contributed by atoms with Gasteiger partial charge in [0.05, 0.1) is 6.61 Å². The SMILES string of the molecule is CCOC(=O)c1cn(Cc2ccccc2)c(CO)n1. The minimum atomic E-state index is -0.469. The van der Waals surface area contributed by atoms with Crippen molar-refractivity contribution >= 4 is 5.97 Å². The lowest BCUT2D eigenvalue weighted by atomic mass is 10.2. The maximum Gasteiger partial charge on any atom is 0.358 e. The molecule has 0 aliphatic heterocycles. The van der Waals surface area contributed by atoms with E-state index >= 15 is 0 Å². The van der Waals surface area contributed by atoms with Crippen LogP contribution in [0.4, 0.5) is 0 Å². The smallest absolute Gasteiger partial charge is 0.358 e. The summed E-state index contributed by atoms with van der Waals surface area (Å²) >= 11 is 0. The average Bonchev–Trinajstić information content (AvgIpc) is 2.83. The van der Waals surface area contributed by atoms with Gasteiger partial charge in [-0.2, -0.15) is 0 Å². The Hall–Kier alpha value is -2.14. The lowest BCUT2D eigenvalue weighted by Gasteiger charge is -2.05. The molecule has 5 heteroatoms. The summed E-state index contributed by atoms with van der Waals surface area (Å²) in [5, 5.41) is 9.29. The molecule has 1 heterocycles. The summed E-state index contributed by atoms with van der Waals surface area (Å²) in [4.78, 5) is 15.7. The molecule has 0 aliphatic carbocycles. The maximum atomic E-state index is 11.6. The number of carbonyl (C=O) groups excluding carboxylic acids is 1. The number of imidazole rings is 1. The average molecular weight is 260 g/mol. The Morgan fingerprint density at radius 1 is 1.37 bits per heavy atom. The van der Waals surface area contributed by atoms with E-state index in [1.165, 1.54) is 0 Å². The fraction of sp³-hybridized carbons (Fsp3) is 0.286. The van der Waals surface area contributed by atoms with Crippen LogP contribution in [0.3, 0.4) is 0 Å². The molecule has 0 bridgehead atoms. The van der Waals surface area contributed by atoms with Crippen molar-refractivity contribution in [1.82, 2.24) is 9.55 Å². The molecule has 1 aromatic carbocycles. The van der Waals surface area contributed by atoms with E-state index in [0.29, 0.717) is 19.0 Å². The quantitative estimate of drug-likeness (QED) is 0.829. The van der Waals surface area contributed by atoms with Crippen LogP contribution < -0.4 is 0 Å². The van der Waals surface area contributed by atoms with Crippen molar-refractivity contribution in [3.05, 3.63) is 53.6 Å². The lowest BCUT2D eigenvalue weighted by Crippen LogP contribution is -2.05. The number of aromatic nitrogens is 2. The molecule has 0 saturated heterocycles. The number of aliphatic hydroxyl groups is 1. The van der Waals surface area contributed by atoms with Gasteiger partial charge in [-0.1, -0.05) is 30.3 Å². The minimum Gasteiger partial charge on any atom is -0.461 e. The first kappa shape index (κ1) is 13.3. The second kappa shape index (κ2) is 6.15. The van der Waals surface area contributed by atoms with E-state index in [9.17, 15) is 9.90 Å². The van der Waals surface area contributed by atoms with E-state index in [1.54, 1.807) is 17.7 Å². The summed E-state index contributed by atoms with van der Waals surface area (Å²) in [5.74, 6) is -0.0177. The number of benzene rings is 1. The van der Waals surface area contributed by atoms with E-state index in [0.717, 1.165) is 5.56 Å². The van der Waals surface area contributed by atoms with Gasteiger partial charge < -0.3 is 14.4 Å². The molecule has 0 spiro atoms. The van der Waals surface area contributed by atoms with Crippen LogP contribution in [0.1, 0.15) is 28.8 Å². The molecule has 0 aliphatic rings. The Labute approximate surface area is 111 Å². The first-order chi connectivity index (χ1) is 9.24. The number of hydrogen-bond donors (Lipinski definition) is 1. The second-order valence-electron chi connectivity index (χ2n) is 4.03. The molecule has 0 amide bonds. The second-order valence-corrected chi connectivity index (χ2v) is 4.03. The van der Waals surface area contributed by atoms with Crippen molar-refractivity contribution in [2.75, 3.05) is 6.61 Å². The third-order valence-electron chi connectivity index (χ3n) is 2.68. The number of rotatable bonds is 5. The summed E-state index contributed by atoms with van der Waals surface area (Å²) in [6.45, 7) is 2.39. The zero-order valence-corrected chi connectivity index (χ0v) is 10.7. The van der Waals surface area contributed by atoms with Crippen molar-refractivity contribution in [3.8, 4) is 0 Å². The van der Waals surface area contributed by atoms with Crippen molar-refractivity contribution in [2.45, 2.75) is 20.1 Å². The van der Waals surface area contributed by atoms with Gasteiger partial charge in [-0.25, -0.2) is 9.78 Å². The predicted octanol–water partition coefficient (Wildman–Crippen LogP) is 1.60. The van der Waals surface area contributed by atoms with Crippen molar-refractivity contribution in [3.63, 3.8) is 0 Å². The number of hydrogen-bond acceptors (Lipinski definition) is 4. The Balaban J connectivity index is 2.22. The molecule has 0 fully saturated rings. The van der Waals surface area contributed by atoms with E-state index < -0.39 is 5.97 Å². The van der Waals surface area contributed by atoms with Crippen LogP contribution in [0.15, 0.2) is 36.5 Å². The van der Waals surface area contributed by atoms with Crippen molar-refractivity contribution < 1.29 is 14.6 Å². The molecule has 0 unspecified atom stereocenters. The number of ether oxygens (including phenoxy) is 1. The van der Waals surface area contributed by atoms with Gasteiger partial charge in [0.1, 0.15) is 12.4 Å². The van der Waals surface area contributed by atoms with Gasteiger partial charge in [0.15, 0.2) is 5.69 Å². The van der Waals surface area contributed by atoms with Crippen molar-refractivity contribution in [2.24, 2.45) is 0 Å². The first-order valence-corrected chi connectivity index (χ1v) is 6.12. The van der Waals surface area contributed by atoms with Gasteiger partial charge in [-0.15, -0.1) is 0 Å². The van der Waals surface area contributed by atoms with Gasteiger partial charge in [0.2, 0.25) is 0 Å². The van der Waals surface area contributed by atoms with Crippen LogP contribution >= 0.6 is 0 Å². The van der Waals surface area contributed by atoms with E-state index in [-0.39, 0.29) is 12.3 Å². The molecule has 19 heavy (non-hydrogen) atoms. The Morgan fingerprint density at radius 3 is 2.74 bits per heavy atom. The molecule has 5 nitrogen and oxygen atoms in total. The van der Waals surface area contributed by atoms with Gasteiger partial charge >= 0.3 is 5.97 Å². The highest BCUT2D eigenvalue weighted by molar-refractivity contribution is 5.87. The predicted molar refractivity (Wildman–Crippen MR) is 69.7 cm³/mol. The van der Waals surface area contributed by atoms with Crippen LogP contribution in [-0.2, 0) is 17.9 Å². The van der Waals surface area contributed by atoms with E-state index in [2.05, 4.69) is 4.98 Å². The highest BCUT2D eigenvalue weighted by atomic mass is 16.5. The molecule has 100 valence electrons. The lowest BCUT2D eigenvalue weighted by molar-refractivity contribution is 0.0519. The third-order valence-corrected chi connectivity index (χ3v) is 2.68. The van der Waals surface area contributed by atoms with Gasteiger partial charge in [-0.3, -0.25) is 0 Å². The summed E-state index contributed by atoms with van der Waals surface area (Å²) in [6.07, 6.45) is 1.61.